The van der Waals surface area contributed by atoms with E-state index in [9.17, 15) is 9.59 Å². The van der Waals surface area contributed by atoms with Crippen LogP contribution < -0.4 is 5.32 Å². The van der Waals surface area contributed by atoms with Crippen LogP contribution in [0.3, 0.4) is 0 Å². The Labute approximate surface area is 163 Å². The molecule has 2 atom stereocenters. The van der Waals surface area contributed by atoms with Crippen LogP contribution in [-0.4, -0.2) is 54.3 Å². The molecule has 1 saturated heterocycles. The molecule has 0 bridgehead atoms. The van der Waals surface area contributed by atoms with Gasteiger partial charge in [-0.1, -0.05) is 0 Å². The summed E-state index contributed by atoms with van der Waals surface area (Å²) in [5.74, 6) is -0.0141. The number of hydrogen-bond donors (Lipinski definition) is 1. The lowest BCUT2D eigenvalue weighted by Crippen LogP contribution is -2.42. The Bertz CT molecular complexity index is 856. The number of likely N-dealkylation sites (N-methyl/N-ethyl adjacent to an activating group) is 1. The predicted octanol–water partition coefficient (Wildman–Crippen LogP) is 3.25. The zero-order valence-corrected chi connectivity index (χ0v) is 16.8. The zero-order chi connectivity index (χ0) is 19.1. The Morgan fingerprint density at radius 3 is 2.81 bits per heavy atom. The molecule has 0 saturated carbocycles. The van der Waals surface area contributed by atoms with Crippen molar-refractivity contribution in [3.05, 3.63) is 40.2 Å². The molecular formula is C20H25N3O3S. The first-order chi connectivity index (χ1) is 13.0. The Morgan fingerprint density at radius 1 is 1.33 bits per heavy atom. The largest absolute Gasteiger partial charge is 0.459 e. The second-order valence-electron chi connectivity index (χ2n) is 7.55. The Balaban J connectivity index is 1.64. The fourth-order valence-electron chi connectivity index (χ4n) is 4.33. The van der Waals surface area contributed by atoms with Crippen molar-refractivity contribution in [2.75, 3.05) is 26.0 Å². The van der Waals surface area contributed by atoms with Gasteiger partial charge >= 0.3 is 0 Å². The van der Waals surface area contributed by atoms with Gasteiger partial charge < -0.3 is 19.5 Å². The minimum atomic E-state index is -0.311. The number of aryl methyl sites for hydroxylation is 1. The molecule has 0 spiro atoms. The van der Waals surface area contributed by atoms with E-state index in [0.29, 0.717) is 16.6 Å². The van der Waals surface area contributed by atoms with Gasteiger partial charge in [0.05, 0.1) is 11.8 Å². The minimum absolute atomic E-state index is 0.0426. The summed E-state index contributed by atoms with van der Waals surface area (Å²) in [6.07, 6.45) is 5.41. The molecule has 3 heterocycles. The van der Waals surface area contributed by atoms with E-state index in [4.69, 9.17) is 4.42 Å². The Morgan fingerprint density at radius 2 is 2.15 bits per heavy atom. The summed E-state index contributed by atoms with van der Waals surface area (Å²) < 4.78 is 5.19. The molecule has 1 N–H and O–H groups in total. The average Bonchev–Trinajstić information content (AvgIpc) is 3.38. The molecule has 4 rings (SSSR count). The van der Waals surface area contributed by atoms with Crippen molar-refractivity contribution < 1.29 is 14.0 Å². The second kappa shape index (κ2) is 7.13. The number of fused-ring (bicyclic) bond motifs is 1. The molecule has 1 aliphatic carbocycles. The van der Waals surface area contributed by atoms with E-state index in [1.807, 2.05) is 4.90 Å². The highest BCUT2D eigenvalue weighted by molar-refractivity contribution is 7.17. The molecular weight excluding hydrogens is 362 g/mol. The fraction of sp³-hybridized carbons (Fsp3) is 0.500. The third-order valence-electron chi connectivity index (χ3n) is 5.75. The van der Waals surface area contributed by atoms with E-state index in [2.05, 4.69) is 31.2 Å². The van der Waals surface area contributed by atoms with Crippen LogP contribution in [0.4, 0.5) is 5.00 Å². The number of likely N-dealkylation sites (tertiary alicyclic amines) is 1. The first-order valence-corrected chi connectivity index (χ1v) is 10.3. The van der Waals surface area contributed by atoms with Crippen LogP contribution in [-0.2, 0) is 12.8 Å². The molecule has 6 nitrogen and oxygen atoms in total. The topological polar surface area (TPSA) is 65.8 Å². The third-order valence-corrected chi connectivity index (χ3v) is 6.95. The van der Waals surface area contributed by atoms with Gasteiger partial charge in [-0.2, -0.15) is 0 Å². The summed E-state index contributed by atoms with van der Waals surface area (Å²) in [7, 11) is 4.12. The number of nitrogens with zero attached hydrogens (tertiary/aromatic N) is 2. The zero-order valence-electron chi connectivity index (χ0n) is 15.9. The summed E-state index contributed by atoms with van der Waals surface area (Å²) >= 11 is 1.54. The van der Waals surface area contributed by atoms with Crippen molar-refractivity contribution in [3.63, 3.8) is 0 Å². The van der Waals surface area contributed by atoms with Crippen molar-refractivity contribution in [1.29, 1.82) is 0 Å². The number of nitrogens with one attached hydrogen (secondary N) is 1. The van der Waals surface area contributed by atoms with E-state index in [-0.39, 0.29) is 23.6 Å². The highest BCUT2D eigenvalue weighted by Crippen LogP contribution is 2.41. The number of furan rings is 1. The van der Waals surface area contributed by atoms with E-state index in [1.165, 1.54) is 22.5 Å². The first kappa shape index (κ1) is 18.3. The van der Waals surface area contributed by atoms with E-state index in [1.54, 1.807) is 12.1 Å². The smallest absolute Gasteiger partial charge is 0.291 e. The first-order valence-electron chi connectivity index (χ1n) is 9.44. The van der Waals surface area contributed by atoms with Crippen molar-refractivity contribution in [2.24, 2.45) is 0 Å². The maximum atomic E-state index is 13.5. The van der Waals surface area contributed by atoms with E-state index in [0.717, 1.165) is 37.8 Å². The normalized spacial score (nSPS) is 21.7. The van der Waals surface area contributed by atoms with Crippen molar-refractivity contribution in [2.45, 2.75) is 44.7 Å². The van der Waals surface area contributed by atoms with Crippen LogP contribution in [0.5, 0.6) is 0 Å². The van der Waals surface area contributed by atoms with Crippen LogP contribution in [0.1, 0.15) is 51.1 Å². The van der Waals surface area contributed by atoms with E-state index < -0.39 is 0 Å². The highest BCUT2D eigenvalue weighted by atomic mass is 32.1. The van der Waals surface area contributed by atoms with Gasteiger partial charge in [0.25, 0.3) is 11.8 Å². The van der Waals surface area contributed by atoms with Gasteiger partial charge in [0.1, 0.15) is 5.00 Å². The quantitative estimate of drug-likeness (QED) is 0.875. The van der Waals surface area contributed by atoms with Crippen molar-refractivity contribution in [1.82, 2.24) is 9.80 Å². The van der Waals surface area contributed by atoms with Gasteiger partial charge in [0.2, 0.25) is 0 Å². The molecule has 2 aromatic rings. The van der Waals surface area contributed by atoms with Gasteiger partial charge in [-0.25, -0.2) is 0 Å². The fourth-order valence-corrected chi connectivity index (χ4v) is 5.61. The lowest BCUT2D eigenvalue weighted by molar-refractivity contribution is 0.0721. The van der Waals surface area contributed by atoms with Crippen molar-refractivity contribution in [3.8, 4) is 0 Å². The minimum Gasteiger partial charge on any atom is -0.459 e. The molecule has 7 heteroatoms. The van der Waals surface area contributed by atoms with Gasteiger partial charge in [-0.15, -0.1) is 11.3 Å². The van der Waals surface area contributed by atoms with Crippen LogP contribution in [0.15, 0.2) is 22.8 Å². The summed E-state index contributed by atoms with van der Waals surface area (Å²) in [4.78, 5) is 31.3. The molecule has 27 heavy (non-hydrogen) atoms. The maximum absolute atomic E-state index is 13.5. The summed E-state index contributed by atoms with van der Waals surface area (Å²) in [6, 6.07) is 3.82. The lowest BCUT2D eigenvalue weighted by Gasteiger charge is -2.28. The Kier molecular flexibility index (Phi) is 4.82. The van der Waals surface area contributed by atoms with Gasteiger partial charge in [0, 0.05) is 23.5 Å². The third kappa shape index (κ3) is 3.19. The molecule has 2 aliphatic rings. The predicted molar refractivity (Wildman–Crippen MR) is 106 cm³/mol. The standard InChI is InChI=1S/C20H25N3O3S/c1-12-14(22(2)3)9-10-23(12)20(25)17-13-6-4-8-16(13)27-19(17)21-18(24)15-7-5-11-26-15/h5,7,11-12,14H,4,6,8-10H2,1-3H3,(H,21,24). The van der Waals surface area contributed by atoms with Gasteiger partial charge in [0.15, 0.2) is 5.76 Å². The number of anilines is 1. The van der Waals surface area contributed by atoms with Crippen LogP contribution in [0.25, 0.3) is 0 Å². The molecule has 2 aromatic heterocycles. The summed E-state index contributed by atoms with van der Waals surface area (Å²) in [5.41, 5.74) is 1.82. The number of carbonyl (C=O) groups is 2. The molecule has 1 fully saturated rings. The average molecular weight is 388 g/mol. The van der Waals surface area contributed by atoms with Gasteiger partial charge in [-0.05, 0) is 64.4 Å². The van der Waals surface area contributed by atoms with Crippen LogP contribution in [0.2, 0.25) is 0 Å². The monoisotopic (exact) mass is 387 g/mol. The Hall–Kier alpha value is -2.12. The molecule has 2 amide bonds. The molecule has 0 aromatic carbocycles. The van der Waals surface area contributed by atoms with Gasteiger partial charge in [-0.3, -0.25) is 9.59 Å². The SMILES string of the molecule is CC1C(N(C)C)CCN1C(=O)c1c(NC(=O)c2ccco2)sc2c1CCC2. The highest BCUT2D eigenvalue weighted by Gasteiger charge is 2.38. The second-order valence-corrected chi connectivity index (χ2v) is 8.66. The number of hydrogen-bond acceptors (Lipinski definition) is 5. The molecule has 1 aliphatic heterocycles. The van der Waals surface area contributed by atoms with E-state index >= 15 is 0 Å². The molecule has 2 unspecified atom stereocenters. The number of carbonyl (C=O) groups excluding carboxylic acids is 2. The number of thiophene rings is 1. The van der Waals surface area contributed by atoms with Crippen LogP contribution in [0, 0.1) is 0 Å². The molecule has 144 valence electrons. The number of amides is 2. The molecule has 0 radical (unpaired) electrons. The summed E-state index contributed by atoms with van der Waals surface area (Å²) in [6.45, 7) is 2.86. The maximum Gasteiger partial charge on any atom is 0.291 e. The van der Waals surface area contributed by atoms with Crippen LogP contribution >= 0.6 is 11.3 Å². The summed E-state index contributed by atoms with van der Waals surface area (Å²) in [5, 5.41) is 3.58. The number of rotatable bonds is 4. The lowest BCUT2D eigenvalue weighted by atomic mass is 10.1. The van der Waals surface area contributed by atoms with Crippen molar-refractivity contribution >= 4 is 28.2 Å².